The van der Waals surface area contributed by atoms with Crippen LogP contribution in [-0.4, -0.2) is 29.1 Å². The number of carbonyl (C=O) groups is 2. The van der Waals surface area contributed by atoms with Crippen molar-refractivity contribution >= 4 is 23.2 Å². The highest BCUT2D eigenvalue weighted by Gasteiger charge is 2.19. The van der Waals surface area contributed by atoms with E-state index in [0.29, 0.717) is 16.5 Å². The number of ether oxygens (including phenoxy) is 1. The minimum atomic E-state index is -1.00. The van der Waals surface area contributed by atoms with Crippen LogP contribution in [0.5, 0.6) is 5.75 Å². The quantitative estimate of drug-likeness (QED) is 0.847. The van der Waals surface area contributed by atoms with Gasteiger partial charge in [0.15, 0.2) is 0 Å². The van der Waals surface area contributed by atoms with E-state index in [1.54, 1.807) is 27.0 Å². The van der Waals surface area contributed by atoms with Crippen LogP contribution in [0.4, 0.5) is 0 Å². The molecule has 0 fully saturated rings. The molecule has 0 spiro atoms. The summed E-state index contributed by atoms with van der Waals surface area (Å²) in [6.45, 7) is 3.43. The summed E-state index contributed by atoms with van der Waals surface area (Å²) in [5.41, 5.74) is 1.25. The Morgan fingerprint density at radius 1 is 1.39 bits per heavy atom. The van der Waals surface area contributed by atoms with Gasteiger partial charge < -0.3 is 15.2 Å². The molecule has 2 N–H and O–H groups in total. The SMILES string of the molecule is COc1ccccc1CC(=O)NC(C)c1nc(C)c(C(=O)O)s1. The molecule has 7 heteroatoms. The van der Waals surface area contributed by atoms with E-state index >= 15 is 0 Å². The number of rotatable bonds is 6. The van der Waals surface area contributed by atoms with Crippen LogP contribution in [0.3, 0.4) is 0 Å². The molecule has 0 aliphatic rings. The second kappa shape index (κ2) is 7.23. The topological polar surface area (TPSA) is 88.5 Å². The molecule has 0 saturated carbocycles. The number of hydrogen-bond acceptors (Lipinski definition) is 5. The van der Waals surface area contributed by atoms with Gasteiger partial charge in [0.25, 0.3) is 0 Å². The number of methoxy groups -OCH3 is 1. The Morgan fingerprint density at radius 3 is 2.70 bits per heavy atom. The Labute approximate surface area is 138 Å². The van der Waals surface area contributed by atoms with Gasteiger partial charge in [-0.15, -0.1) is 11.3 Å². The average Bonchev–Trinajstić information content (AvgIpc) is 2.90. The average molecular weight is 334 g/mol. The Bertz CT molecular complexity index is 727. The molecule has 1 aromatic heterocycles. The zero-order chi connectivity index (χ0) is 17.0. The van der Waals surface area contributed by atoms with Crippen LogP contribution in [0.1, 0.15) is 38.9 Å². The van der Waals surface area contributed by atoms with E-state index < -0.39 is 5.97 Å². The molecule has 2 aromatic rings. The fourth-order valence-electron chi connectivity index (χ4n) is 2.18. The lowest BCUT2D eigenvalue weighted by Crippen LogP contribution is -2.28. The van der Waals surface area contributed by atoms with Gasteiger partial charge in [0.1, 0.15) is 15.6 Å². The number of para-hydroxylation sites is 1. The minimum Gasteiger partial charge on any atom is -0.496 e. The van der Waals surface area contributed by atoms with Gasteiger partial charge in [0.05, 0.1) is 25.3 Å². The van der Waals surface area contributed by atoms with Gasteiger partial charge in [0, 0.05) is 5.56 Å². The van der Waals surface area contributed by atoms with E-state index in [0.717, 1.165) is 16.9 Å². The monoisotopic (exact) mass is 334 g/mol. The van der Waals surface area contributed by atoms with E-state index in [9.17, 15) is 9.59 Å². The van der Waals surface area contributed by atoms with Crippen LogP contribution in [0, 0.1) is 6.92 Å². The maximum atomic E-state index is 12.2. The van der Waals surface area contributed by atoms with Gasteiger partial charge in [-0.2, -0.15) is 0 Å². The summed E-state index contributed by atoms with van der Waals surface area (Å²) in [4.78, 5) is 27.7. The lowest BCUT2D eigenvalue weighted by molar-refractivity contribution is -0.121. The number of nitrogens with zero attached hydrogens (tertiary/aromatic N) is 1. The number of aromatic carboxylic acids is 1. The van der Waals surface area contributed by atoms with Crippen molar-refractivity contribution in [2.45, 2.75) is 26.3 Å². The fraction of sp³-hybridized carbons (Fsp3) is 0.312. The number of carboxylic acids is 1. The summed E-state index contributed by atoms with van der Waals surface area (Å²) in [7, 11) is 1.56. The highest BCUT2D eigenvalue weighted by atomic mass is 32.1. The molecule has 1 heterocycles. The summed E-state index contributed by atoms with van der Waals surface area (Å²) in [5.74, 6) is -0.515. The molecule has 1 atom stereocenters. The van der Waals surface area contributed by atoms with Gasteiger partial charge in [-0.05, 0) is 19.9 Å². The number of nitrogens with one attached hydrogen (secondary N) is 1. The predicted octanol–water partition coefficient (Wildman–Crippen LogP) is 2.58. The molecule has 23 heavy (non-hydrogen) atoms. The van der Waals surface area contributed by atoms with Crippen molar-refractivity contribution in [2.24, 2.45) is 0 Å². The number of aryl methyl sites for hydroxylation is 1. The highest BCUT2D eigenvalue weighted by molar-refractivity contribution is 7.13. The van der Waals surface area contributed by atoms with Crippen molar-refractivity contribution < 1.29 is 19.4 Å². The molecule has 2 rings (SSSR count). The van der Waals surface area contributed by atoms with Crippen molar-refractivity contribution in [3.8, 4) is 5.75 Å². The zero-order valence-electron chi connectivity index (χ0n) is 13.1. The predicted molar refractivity (Wildman–Crippen MR) is 87.1 cm³/mol. The maximum Gasteiger partial charge on any atom is 0.347 e. The standard InChI is InChI=1S/C16H18N2O4S/c1-9-14(16(20)21)23-15(18-9)10(2)17-13(19)8-11-6-4-5-7-12(11)22-3/h4-7,10H,8H2,1-3H3,(H,17,19)(H,20,21). The van der Waals surface area contributed by atoms with Gasteiger partial charge in [-0.1, -0.05) is 18.2 Å². The number of aromatic nitrogens is 1. The summed E-state index contributed by atoms with van der Waals surface area (Å²) >= 11 is 1.08. The molecule has 0 aliphatic heterocycles. The first-order valence-electron chi connectivity index (χ1n) is 7.04. The van der Waals surface area contributed by atoms with E-state index in [1.807, 2.05) is 18.2 Å². The van der Waals surface area contributed by atoms with Crippen molar-refractivity contribution in [2.75, 3.05) is 7.11 Å². The molecule has 0 aliphatic carbocycles. The van der Waals surface area contributed by atoms with Crippen LogP contribution in [-0.2, 0) is 11.2 Å². The van der Waals surface area contributed by atoms with E-state index in [4.69, 9.17) is 9.84 Å². The minimum absolute atomic E-state index is 0.174. The Kier molecular flexibility index (Phi) is 5.33. The van der Waals surface area contributed by atoms with Crippen molar-refractivity contribution in [3.63, 3.8) is 0 Å². The van der Waals surface area contributed by atoms with Crippen LogP contribution in [0.25, 0.3) is 0 Å². The first kappa shape index (κ1) is 17.0. The van der Waals surface area contributed by atoms with Crippen LogP contribution in [0.15, 0.2) is 24.3 Å². The van der Waals surface area contributed by atoms with Crippen molar-refractivity contribution in [1.29, 1.82) is 0 Å². The zero-order valence-corrected chi connectivity index (χ0v) is 13.9. The number of thiazole rings is 1. The van der Waals surface area contributed by atoms with Gasteiger partial charge in [-0.3, -0.25) is 4.79 Å². The van der Waals surface area contributed by atoms with Crippen LogP contribution < -0.4 is 10.1 Å². The Hall–Kier alpha value is -2.41. The number of hydrogen-bond donors (Lipinski definition) is 2. The first-order chi connectivity index (χ1) is 10.9. The second-order valence-electron chi connectivity index (χ2n) is 5.05. The lowest BCUT2D eigenvalue weighted by Gasteiger charge is -2.12. The molecule has 0 saturated heterocycles. The summed E-state index contributed by atoms with van der Waals surface area (Å²) in [6, 6.07) is 6.97. The number of benzene rings is 1. The van der Waals surface area contributed by atoms with E-state index in [1.165, 1.54) is 0 Å². The van der Waals surface area contributed by atoms with Crippen molar-refractivity contribution in [3.05, 3.63) is 45.4 Å². The highest BCUT2D eigenvalue weighted by Crippen LogP contribution is 2.24. The lowest BCUT2D eigenvalue weighted by atomic mass is 10.1. The first-order valence-corrected chi connectivity index (χ1v) is 7.86. The fourth-order valence-corrected chi connectivity index (χ4v) is 3.09. The third kappa shape index (κ3) is 4.07. The molecule has 1 aromatic carbocycles. The van der Waals surface area contributed by atoms with Crippen molar-refractivity contribution in [1.82, 2.24) is 10.3 Å². The number of carbonyl (C=O) groups excluding carboxylic acids is 1. The molecule has 122 valence electrons. The summed E-state index contributed by atoms with van der Waals surface area (Å²) < 4.78 is 5.23. The number of amides is 1. The summed E-state index contributed by atoms with van der Waals surface area (Å²) in [6.07, 6.45) is 0.185. The van der Waals surface area contributed by atoms with Gasteiger partial charge >= 0.3 is 5.97 Å². The largest absolute Gasteiger partial charge is 0.496 e. The van der Waals surface area contributed by atoms with Crippen LogP contribution in [0.2, 0.25) is 0 Å². The smallest absolute Gasteiger partial charge is 0.347 e. The molecular formula is C16H18N2O4S. The molecular weight excluding hydrogens is 316 g/mol. The molecule has 1 amide bonds. The Balaban J connectivity index is 2.05. The maximum absolute atomic E-state index is 12.2. The van der Waals surface area contributed by atoms with Gasteiger partial charge in [0.2, 0.25) is 5.91 Å². The molecule has 0 bridgehead atoms. The Morgan fingerprint density at radius 2 is 2.09 bits per heavy atom. The molecule has 0 radical (unpaired) electrons. The normalized spacial score (nSPS) is 11.8. The number of carboxylic acid groups (broad SMARTS) is 1. The van der Waals surface area contributed by atoms with Gasteiger partial charge in [-0.25, -0.2) is 9.78 Å². The molecule has 6 nitrogen and oxygen atoms in total. The van der Waals surface area contributed by atoms with E-state index in [-0.39, 0.29) is 23.2 Å². The molecule has 1 unspecified atom stereocenters. The second-order valence-corrected chi connectivity index (χ2v) is 6.08. The third-order valence-corrected chi connectivity index (χ3v) is 4.63. The van der Waals surface area contributed by atoms with E-state index in [2.05, 4.69) is 10.3 Å². The third-order valence-electron chi connectivity index (χ3n) is 3.30. The summed E-state index contributed by atoms with van der Waals surface area (Å²) in [5, 5.41) is 12.5. The van der Waals surface area contributed by atoms with Crippen LogP contribution >= 0.6 is 11.3 Å².